The van der Waals surface area contributed by atoms with Gasteiger partial charge in [0.2, 0.25) is 0 Å². The summed E-state index contributed by atoms with van der Waals surface area (Å²) in [6, 6.07) is 26.3. The molecule has 0 saturated heterocycles. The molecule has 0 aliphatic rings. The first-order chi connectivity index (χ1) is 14.2. The van der Waals surface area contributed by atoms with E-state index in [0.29, 0.717) is 12.1 Å². The van der Waals surface area contributed by atoms with Crippen molar-refractivity contribution in [1.82, 2.24) is 10.3 Å². The van der Waals surface area contributed by atoms with Crippen LogP contribution in [-0.2, 0) is 6.54 Å². The summed E-state index contributed by atoms with van der Waals surface area (Å²) < 4.78 is 0. The molecule has 0 fully saturated rings. The summed E-state index contributed by atoms with van der Waals surface area (Å²) in [6.07, 6.45) is 2.05. The van der Waals surface area contributed by atoms with Gasteiger partial charge in [-0.3, -0.25) is 9.78 Å². The Morgan fingerprint density at radius 1 is 0.966 bits per heavy atom. The lowest BCUT2D eigenvalue weighted by molar-refractivity contribution is 0.0952. The third kappa shape index (κ3) is 4.17. The van der Waals surface area contributed by atoms with Gasteiger partial charge >= 0.3 is 0 Å². The summed E-state index contributed by atoms with van der Waals surface area (Å²) in [4.78, 5) is 19.0. The van der Waals surface area contributed by atoms with E-state index in [0.717, 1.165) is 33.3 Å². The van der Waals surface area contributed by atoms with Gasteiger partial charge in [-0.25, -0.2) is 0 Å². The van der Waals surface area contributed by atoms with Gasteiger partial charge in [-0.2, -0.15) is 0 Å². The molecule has 0 unspecified atom stereocenters. The van der Waals surface area contributed by atoms with E-state index in [1.165, 1.54) is 4.90 Å². The van der Waals surface area contributed by atoms with Crippen LogP contribution in [0.5, 0.6) is 0 Å². The first-order valence-corrected chi connectivity index (χ1v) is 10.7. The fraction of sp³-hybridized carbons (Fsp3) is 0.120. The highest BCUT2D eigenvalue weighted by Crippen LogP contribution is 2.29. The number of hydrogen-bond acceptors (Lipinski definition) is 3. The lowest BCUT2D eigenvalue weighted by Crippen LogP contribution is -2.23. The van der Waals surface area contributed by atoms with Crippen LogP contribution < -0.4 is 5.32 Å². The van der Waals surface area contributed by atoms with Crippen LogP contribution in [0.25, 0.3) is 22.0 Å². The van der Waals surface area contributed by atoms with Crippen LogP contribution in [0, 0.1) is 6.92 Å². The predicted molar refractivity (Wildman–Crippen MR) is 121 cm³/mol. The second kappa shape index (κ2) is 8.50. The van der Waals surface area contributed by atoms with Gasteiger partial charge in [-0.05, 0) is 42.5 Å². The SMILES string of the molecule is CSc1ccc(CNC(=O)c2cc(C)nc3c(-c4ccccc4)cccc23)cc1. The molecular formula is C25H22N2OS. The normalized spacial score (nSPS) is 10.8. The van der Waals surface area contributed by atoms with Gasteiger partial charge < -0.3 is 5.32 Å². The van der Waals surface area contributed by atoms with Crippen LogP contribution in [0.1, 0.15) is 21.6 Å². The van der Waals surface area contributed by atoms with Gasteiger partial charge in [0.25, 0.3) is 5.91 Å². The molecule has 4 heteroatoms. The van der Waals surface area contributed by atoms with E-state index >= 15 is 0 Å². The van der Waals surface area contributed by atoms with Crippen LogP contribution in [-0.4, -0.2) is 17.1 Å². The lowest BCUT2D eigenvalue weighted by Gasteiger charge is -2.12. The minimum atomic E-state index is -0.0837. The monoisotopic (exact) mass is 398 g/mol. The molecule has 144 valence electrons. The summed E-state index contributed by atoms with van der Waals surface area (Å²) in [5, 5.41) is 3.93. The van der Waals surface area contributed by atoms with Crippen molar-refractivity contribution < 1.29 is 4.79 Å². The van der Waals surface area contributed by atoms with Gasteiger partial charge in [-0.15, -0.1) is 11.8 Å². The zero-order valence-corrected chi connectivity index (χ0v) is 17.3. The maximum atomic E-state index is 13.0. The predicted octanol–water partition coefficient (Wildman–Crippen LogP) is 5.86. The first kappa shape index (κ1) is 19.2. The van der Waals surface area contributed by atoms with Gasteiger partial charge in [0.05, 0.1) is 11.1 Å². The van der Waals surface area contributed by atoms with Crippen LogP contribution in [0.2, 0.25) is 0 Å². The number of benzene rings is 3. The van der Waals surface area contributed by atoms with Gasteiger partial charge in [0.1, 0.15) is 0 Å². The number of nitrogens with one attached hydrogen (secondary N) is 1. The van der Waals surface area contributed by atoms with E-state index < -0.39 is 0 Å². The lowest BCUT2D eigenvalue weighted by atomic mass is 9.98. The van der Waals surface area contributed by atoms with E-state index in [4.69, 9.17) is 4.98 Å². The number of amides is 1. The van der Waals surface area contributed by atoms with Crippen LogP contribution >= 0.6 is 11.8 Å². The molecule has 3 aromatic carbocycles. The molecule has 3 nitrogen and oxygen atoms in total. The molecule has 0 spiro atoms. The number of rotatable bonds is 5. The molecular weight excluding hydrogens is 376 g/mol. The van der Waals surface area contributed by atoms with E-state index in [9.17, 15) is 4.79 Å². The summed E-state index contributed by atoms with van der Waals surface area (Å²) in [5.41, 5.74) is 5.55. The minimum absolute atomic E-state index is 0.0837. The second-order valence-electron chi connectivity index (χ2n) is 6.91. The summed E-state index contributed by atoms with van der Waals surface area (Å²) in [5.74, 6) is -0.0837. The number of nitrogens with zero attached hydrogens (tertiary/aromatic N) is 1. The molecule has 1 N–H and O–H groups in total. The maximum absolute atomic E-state index is 13.0. The number of pyridine rings is 1. The van der Waals surface area contributed by atoms with Crippen LogP contribution in [0.15, 0.2) is 83.8 Å². The largest absolute Gasteiger partial charge is 0.348 e. The van der Waals surface area contributed by atoms with E-state index in [1.54, 1.807) is 11.8 Å². The van der Waals surface area contributed by atoms with Crippen molar-refractivity contribution in [2.75, 3.05) is 6.26 Å². The molecule has 1 aromatic heterocycles. The highest BCUT2D eigenvalue weighted by atomic mass is 32.2. The maximum Gasteiger partial charge on any atom is 0.252 e. The average Bonchev–Trinajstić information content (AvgIpc) is 2.77. The highest BCUT2D eigenvalue weighted by molar-refractivity contribution is 7.98. The molecule has 0 aliphatic carbocycles. The van der Waals surface area contributed by atoms with Gasteiger partial charge in [0.15, 0.2) is 0 Å². The summed E-state index contributed by atoms with van der Waals surface area (Å²) in [6.45, 7) is 2.42. The Bertz CT molecular complexity index is 1150. The summed E-state index contributed by atoms with van der Waals surface area (Å²) in [7, 11) is 0. The Morgan fingerprint density at radius 2 is 1.72 bits per heavy atom. The van der Waals surface area contributed by atoms with Crippen molar-refractivity contribution in [3.8, 4) is 11.1 Å². The molecule has 1 heterocycles. The number of para-hydroxylation sites is 1. The van der Waals surface area contributed by atoms with Gasteiger partial charge in [0, 0.05) is 28.1 Å². The van der Waals surface area contributed by atoms with E-state index in [2.05, 4.69) is 54.0 Å². The molecule has 0 saturated carbocycles. The number of aromatic nitrogens is 1. The topological polar surface area (TPSA) is 42.0 Å². The van der Waals surface area contributed by atoms with Crippen molar-refractivity contribution in [2.45, 2.75) is 18.4 Å². The minimum Gasteiger partial charge on any atom is -0.348 e. The van der Waals surface area contributed by atoms with Crippen molar-refractivity contribution in [1.29, 1.82) is 0 Å². The quantitative estimate of drug-likeness (QED) is 0.428. The van der Waals surface area contributed by atoms with E-state index in [-0.39, 0.29) is 5.91 Å². The zero-order valence-electron chi connectivity index (χ0n) is 16.5. The Labute approximate surface area is 175 Å². The fourth-order valence-electron chi connectivity index (χ4n) is 3.44. The van der Waals surface area contributed by atoms with E-state index in [1.807, 2.05) is 43.3 Å². The number of carbonyl (C=O) groups is 1. The molecule has 4 aromatic rings. The molecule has 0 atom stereocenters. The van der Waals surface area contributed by atoms with Crippen molar-refractivity contribution >= 4 is 28.6 Å². The first-order valence-electron chi connectivity index (χ1n) is 9.52. The third-order valence-electron chi connectivity index (χ3n) is 4.91. The molecule has 1 amide bonds. The number of thioether (sulfide) groups is 1. The smallest absolute Gasteiger partial charge is 0.252 e. The highest BCUT2D eigenvalue weighted by Gasteiger charge is 2.14. The molecule has 0 aliphatic heterocycles. The zero-order chi connectivity index (χ0) is 20.2. The molecule has 0 radical (unpaired) electrons. The number of fused-ring (bicyclic) bond motifs is 1. The van der Waals surface area contributed by atoms with Crippen molar-refractivity contribution in [3.05, 3.63) is 95.7 Å². The van der Waals surface area contributed by atoms with Crippen LogP contribution in [0.4, 0.5) is 0 Å². The molecule has 29 heavy (non-hydrogen) atoms. The Morgan fingerprint density at radius 3 is 2.45 bits per heavy atom. The Balaban J connectivity index is 1.67. The number of hydrogen-bond donors (Lipinski definition) is 1. The van der Waals surface area contributed by atoms with Gasteiger partial charge in [-0.1, -0.05) is 60.7 Å². The standard InChI is InChI=1S/C25H22N2OS/c1-17-15-23(25(28)26-16-18-11-13-20(29-2)14-12-18)22-10-6-9-21(24(22)27-17)19-7-4-3-5-8-19/h3-15H,16H2,1-2H3,(H,26,28). The Hall–Kier alpha value is -3.11. The van der Waals surface area contributed by atoms with Crippen molar-refractivity contribution in [3.63, 3.8) is 0 Å². The fourth-order valence-corrected chi connectivity index (χ4v) is 3.84. The second-order valence-corrected chi connectivity index (χ2v) is 7.79. The summed E-state index contributed by atoms with van der Waals surface area (Å²) >= 11 is 1.71. The van der Waals surface area contributed by atoms with Crippen LogP contribution in [0.3, 0.4) is 0 Å². The molecule has 4 rings (SSSR count). The number of aryl methyl sites for hydroxylation is 1. The van der Waals surface area contributed by atoms with Crippen molar-refractivity contribution in [2.24, 2.45) is 0 Å². The Kier molecular flexibility index (Phi) is 5.63. The number of carbonyl (C=O) groups excluding carboxylic acids is 1. The average molecular weight is 399 g/mol. The molecule has 0 bridgehead atoms. The third-order valence-corrected chi connectivity index (χ3v) is 5.65.